The highest BCUT2D eigenvalue weighted by Crippen LogP contribution is 2.54. The molecule has 0 spiro atoms. The maximum absolute atomic E-state index is 13.7. The summed E-state index contributed by atoms with van der Waals surface area (Å²) >= 11 is 0. The number of benzene rings is 1. The molecule has 3 fully saturated rings. The number of carboxylic acids is 1. The number of hydrogen-bond donors (Lipinski definition) is 3. The normalized spacial score (nSPS) is 31.6. The number of ether oxygens (including phenoxy) is 1. The van der Waals surface area contributed by atoms with Crippen LogP contribution in [-0.4, -0.2) is 51.6 Å². The number of para-hydroxylation sites is 1. The minimum Gasteiger partial charge on any atom is -0.504 e. The van der Waals surface area contributed by atoms with Crippen molar-refractivity contribution in [3.8, 4) is 11.5 Å². The smallest absolute Gasteiger partial charge is 0.325 e. The van der Waals surface area contributed by atoms with Gasteiger partial charge in [-0.1, -0.05) is 51.7 Å². The Morgan fingerprint density at radius 1 is 1.25 bits per heavy atom. The van der Waals surface area contributed by atoms with E-state index in [0.29, 0.717) is 12.0 Å². The van der Waals surface area contributed by atoms with Gasteiger partial charge in [-0.05, 0) is 24.8 Å². The van der Waals surface area contributed by atoms with Gasteiger partial charge >= 0.3 is 5.97 Å². The van der Waals surface area contributed by atoms with Crippen molar-refractivity contribution in [2.45, 2.75) is 70.0 Å². The molecule has 0 radical (unpaired) electrons. The van der Waals surface area contributed by atoms with E-state index in [1.54, 1.807) is 25.1 Å². The first-order valence-electron chi connectivity index (χ1n) is 11.5. The van der Waals surface area contributed by atoms with E-state index in [9.17, 15) is 24.6 Å². The highest BCUT2D eigenvalue weighted by Gasteiger charge is 2.70. The predicted octanol–water partition coefficient (Wildman–Crippen LogP) is 2.85. The minimum atomic E-state index is -1.60. The summed E-state index contributed by atoms with van der Waals surface area (Å²) in [5.74, 6) is -4.12. The largest absolute Gasteiger partial charge is 0.504 e. The van der Waals surface area contributed by atoms with Crippen LogP contribution in [0.1, 0.15) is 64.0 Å². The molecule has 1 saturated carbocycles. The Hall–Kier alpha value is -2.61. The molecule has 2 amide bonds. The minimum absolute atomic E-state index is 0.145. The van der Waals surface area contributed by atoms with Crippen LogP contribution in [0.2, 0.25) is 0 Å². The van der Waals surface area contributed by atoms with Crippen molar-refractivity contribution in [2.75, 3.05) is 7.11 Å². The lowest BCUT2D eigenvalue weighted by molar-refractivity contribution is -0.155. The van der Waals surface area contributed by atoms with Crippen molar-refractivity contribution in [1.29, 1.82) is 0 Å². The molecule has 2 aliphatic heterocycles. The molecule has 0 aromatic heterocycles. The highest BCUT2D eigenvalue weighted by molar-refractivity contribution is 6.10. The number of nitrogens with zero attached hydrogens (tertiary/aromatic N) is 1. The van der Waals surface area contributed by atoms with E-state index in [2.05, 4.69) is 5.32 Å². The van der Waals surface area contributed by atoms with Crippen LogP contribution in [0.4, 0.5) is 0 Å². The van der Waals surface area contributed by atoms with Crippen LogP contribution < -0.4 is 10.1 Å². The second-order valence-electron chi connectivity index (χ2n) is 9.35. The van der Waals surface area contributed by atoms with E-state index in [1.165, 1.54) is 12.0 Å². The van der Waals surface area contributed by atoms with Crippen LogP contribution in [0.5, 0.6) is 11.5 Å². The van der Waals surface area contributed by atoms with Gasteiger partial charge in [0, 0.05) is 17.6 Å². The molecule has 1 aromatic rings. The summed E-state index contributed by atoms with van der Waals surface area (Å²) in [4.78, 5) is 41.6. The second kappa shape index (κ2) is 8.39. The van der Waals surface area contributed by atoms with Crippen LogP contribution in [-0.2, 0) is 14.4 Å². The molecule has 5 unspecified atom stereocenters. The van der Waals surface area contributed by atoms with Gasteiger partial charge in [0.1, 0.15) is 5.54 Å². The number of hydrogen-bond acceptors (Lipinski definition) is 6. The van der Waals surface area contributed by atoms with Gasteiger partial charge in [-0.3, -0.25) is 24.6 Å². The zero-order chi connectivity index (χ0) is 23.2. The Morgan fingerprint density at radius 2 is 1.94 bits per heavy atom. The zero-order valence-electron chi connectivity index (χ0n) is 18.8. The lowest BCUT2D eigenvalue weighted by atomic mass is 9.72. The van der Waals surface area contributed by atoms with E-state index in [4.69, 9.17) is 4.74 Å². The van der Waals surface area contributed by atoms with Crippen molar-refractivity contribution in [3.05, 3.63) is 23.8 Å². The van der Waals surface area contributed by atoms with Crippen LogP contribution in [0.3, 0.4) is 0 Å². The quantitative estimate of drug-likeness (QED) is 0.578. The number of phenols is 1. The van der Waals surface area contributed by atoms with Gasteiger partial charge in [0.2, 0.25) is 11.8 Å². The van der Waals surface area contributed by atoms with Gasteiger partial charge in [-0.15, -0.1) is 0 Å². The maximum atomic E-state index is 13.7. The van der Waals surface area contributed by atoms with Gasteiger partial charge in [-0.25, -0.2) is 0 Å². The molecule has 32 heavy (non-hydrogen) atoms. The number of aromatic hydroxyl groups is 1. The molecule has 1 aliphatic carbocycles. The van der Waals surface area contributed by atoms with E-state index in [1.807, 2.05) is 6.92 Å². The molecule has 3 aliphatic rings. The first kappa shape index (κ1) is 22.6. The summed E-state index contributed by atoms with van der Waals surface area (Å²) in [7, 11) is 1.43. The average molecular weight is 445 g/mol. The summed E-state index contributed by atoms with van der Waals surface area (Å²) in [6.45, 7) is 3.68. The molecule has 1 aromatic carbocycles. The number of phenolic OH excluding ortho intramolecular Hbond substituents is 1. The molecule has 8 heteroatoms. The number of amides is 2. The average Bonchev–Trinajstić information content (AvgIpc) is 3.28. The number of methoxy groups -OCH3 is 1. The fourth-order valence-electron chi connectivity index (χ4n) is 6.07. The van der Waals surface area contributed by atoms with E-state index in [-0.39, 0.29) is 23.4 Å². The van der Waals surface area contributed by atoms with Crippen molar-refractivity contribution in [2.24, 2.45) is 17.8 Å². The van der Waals surface area contributed by atoms with E-state index >= 15 is 0 Å². The number of carbonyl (C=O) groups excluding carboxylic acids is 2. The molecule has 3 N–H and O–H groups in total. The van der Waals surface area contributed by atoms with Crippen LogP contribution in [0.15, 0.2) is 18.2 Å². The molecule has 0 bridgehead atoms. The van der Waals surface area contributed by atoms with Gasteiger partial charge in [0.05, 0.1) is 18.9 Å². The first-order valence-corrected chi connectivity index (χ1v) is 11.5. The van der Waals surface area contributed by atoms with Crippen molar-refractivity contribution in [3.63, 3.8) is 0 Å². The van der Waals surface area contributed by atoms with Crippen LogP contribution in [0, 0.1) is 17.8 Å². The lowest BCUT2D eigenvalue weighted by Gasteiger charge is -2.37. The third kappa shape index (κ3) is 3.10. The zero-order valence-corrected chi connectivity index (χ0v) is 18.8. The monoisotopic (exact) mass is 444 g/mol. The van der Waals surface area contributed by atoms with Gasteiger partial charge in [0.25, 0.3) is 0 Å². The molecule has 5 atom stereocenters. The van der Waals surface area contributed by atoms with Crippen LogP contribution >= 0.6 is 0 Å². The Kier molecular flexibility index (Phi) is 5.92. The SMILES string of the molecule is CCC(C)C1(C(=O)O)NC(c2cccc(OC)c2O)C2C(=O)N(C3CCCCC3)C(=O)C21. The summed E-state index contributed by atoms with van der Waals surface area (Å²) in [6.07, 6.45) is 5.00. The maximum Gasteiger partial charge on any atom is 0.325 e. The molecule has 8 nitrogen and oxygen atoms in total. The number of imide groups is 1. The summed E-state index contributed by atoms with van der Waals surface area (Å²) in [5, 5.41) is 24.4. The van der Waals surface area contributed by atoms with Gasteiger partial charge in [0.15, 0.2) is 11.5 Å². The van der Waals surface area contributed by atoms with Crippen molar-refractivity contribution >= 4 is 17.8 Å². The number of carboxylic acid groups (broad SMARTS) is 1. The third-order valence-corrected chi connectivity index (χ3v) is 7.90. The molecule has 2 heterocycles. The number of nitrogens with one attached hydrogen (secondary N) is 1. The molecule has 2 saturated heterocycles. The Bertz CT molecular complexity index is 927. The highest BCUT2D eigenvalue weighted by atomic mass is 16.5. The van der Waals surface area contributed by atoms with Crippen LogP contribution in [0.25, 0.3) is 0 Å². The topological polar surface area (TPSA) is 116 Å². The first-order chi connectivity index (χ1) is 15.3. The Balaban J connectivity index is 1.86. The number of rotatable bonds is 6. The van der Waals surface area contributed by atoms with Gasteiger partial charge in [-0.2, -0.15) is 0 Å². The Morgan fingerprint density at radius 3 is 2.53 bits per heavy atom. The fraction of sp³-hybridized carbons (Fsp3) is 0.625. The molecule has 4 rings (SSSR count). The van der Waals surface area contributed by atoms with Gasteiger partial charge < -0.3 is 14.9 Å². The number of likely N-dealkylation sites (tertiary alicyclic amines) is 1. The van der Waals surface area contributed by atoms with E-state index < -0.39 is 41.2 Å². The lowest BCUT2D eigenvalue weighted by Crippen LogP contribution is -2.60. The van der Waals surface area contributed by atoms with E-state index in [0.717, 1.165) is 32.1 Å². The summed E-state index contributed by atoms with van der Waals surface area (Å²) in [5.41, 5.74) is -1.23. The summed E-state index contributed by atoms with van der Waals surface area (Å²) in [6, 6.07) is 3.94. The summed E-state index contributed by atoms with van der Waals surface area (Å²) < 4.78 is 5.23. The molecular weight excluding hydrogens is 412 g/mol. The predicted molar refractivity (Wildman–Crippen MR) is 116 cm³/mol. The Labute approximate surface area is 187 Å². The third-order valence-electron chi connectivity index (χ3n) is 7.90. The molecular formula is C24H32N2O6. The fourth-order valence-corrected chi connectivity index (χ4v) is 6.07. The van der Waals surface area contributed by atoms with Crippen molar-refractivity contribution in [1.82, 2.24) is 10.2 Å². The second-order valence-corrected chi connectivity index (χ2v) is 9.35. The number of fused-ring (bicyclic) bond motifs is 1. The molecule has 174 valence electrons. The standard InChI is InChI=1S/C24H32N2O6/c1-4-13(2)24(23(30)31)18-17(19(25-24)15-11-8-12-16(32-3)20(15)27)21(28)26(22(18)29)14-9-6-5-7-10-14/h8,11-14,17-19,25,27H,4-7,9-10H2,1-3H3,(H,30,31). The van der Waals surface area contributed by atoms with Crippen molar-refractivity contribution < 1.29 is 29.3 Å². The number of carbonyl (C=O) groups is 3. The number of aliphatic carboxylic acids is 1.